The number of aryl methyl sites for hydroxylation is 1. The first-order valence-corrected chi connectivity index (χ1v) is 10.6. The molecule has 0 saturated carbocycles. The Morgan fingerprint density at radius 3 is 2.90 bits per heavy atom. The lowest BCUT2D eigenvalue weighted by Crippen LogP contribution is -2.18. The summed E-state index contributed by atoms with van der Waals surface area (Å²) in [5.74, 6) is 0.236. The zero-order valence-corrected chi connectivity index (χ0v) is 17.5. The van der Waals surface area contributed by atoms with Gasteiger partial charge in [-0.1, -0.05) is 22.6 Å². The van der Waals surface area contributed by atoms with Crippen LogP contribution < -0.4 is 10.1 Å². The number of rotatable bonds is 8. The predicted octanol–water partition coefficient (Wildman–Crippen LogP) is 2.89. The van der Waals surface area contributed by atoms with Gasteiger partial charge < -0.3 is 14.4 Å². The van der Waals surface area contributed by atoms with Gasteiger partial charge in [-0.3, -0.25) is 19.7 Å². The molecule has 156 valence electrons. The molecule has 0 aliphatic rings. The van der Waals surface area contributed by atoms with Crippen LogP contribution in [0.5, 0.6) is 0 Å². The van der Waals surface area contributed by atoms with Gasteiger partial charge in [0.15, 0.2) is 10.6 Å². The zero-order valence-electron chi connectivity index (χ0n) is 15.9. The number of carbonyl (C=O) groups excluding carboxylic acids is 2. The minimum atomic E-state index is -0.471. The monoisotopic (exact) mass is 447 g/mol. The Bertz CT molecular complexity index is 1190. The number of allylic oxidation sites excluding steroid dienone is 1. The van der Waals surface area contributed by atoms with Gasteiger partial charge in [-0.2, -0.15) is 4.99 Å². The summed E-state index contributed by atoms with van der Waals surface area (Å²) < 4.78 is 7.27. The molecule has 0 spiro atoms. The number of hydrogen-bond acceptors (Lipinski definition) is 8. The number of nitrogens with zero attached hydrogens (tertiary/aromatic N) is 4. The standard InChI is InChI=1S/C18H17N5O5S2/c1-3-6-22-13-5-4-12(23(26)27)8-14(13)30-18(22)20-17(25)10-29-9-16(24)19-15-7-11(2)28-21-15/h3-5,7-8H,1,6,9-10H2,2H3,(H,19,21,24). The number of aromatic nitrogens is 2. The number of hydrogen-bond donors (Lipinski definition) is 1. The summed E-state index contributed by atoms with van der Waals surface area (Å²) in [6.45, 7) is 5.81. The summed E-state index contributed by atoms with van der Waals surface area (Å²) in [4.78, 5) is 39.2. The molecular formula is C18H17N5O5S2. The van der Waals surface area contributed by atoms with Crippen molar-refractivity contribution in [3.8, 4) is 0 Å². The molecule has 0 radical (unpaired) electrons. The summed E-state index contributed by atoms with van der Waals surface area (Å²) in [6, 6.07) is 6.08. The Labute approximate surface area is 178 Å². The maximum atomic E-state index is 12.3. The molecule has 10 nitrogen and oxygen atoms in total. The van der Waals surface area contributed by atoms with Gasteiger partial charge in [0.25, 0.3) is 11.6 Å². The third-order valence-corrected chi connectivity index (χ3v) is 5.72. The minimum absolute atomic E-state index is 0.00768. The molecule has 2 amide bonds. The van der Waals surface area contributed by atoms with Crippen molar-refractivity contribution >= 4 is 56.6 Å². The van der Waals surface area contributed by atoms with Crippen LogP contribution >= 0.6 is 23.1 Å². The van der Waals surface area contributed by atoms with Crippen LogP contribution in [0, 0.1) is 17.0 Å². The molecule has 0 bridgehead atoms. The molecule has 30 heavy (non-hydrogen) atoms. The van der Waals surface area contributed by atoms with Crippen molar-refractivity contribution < 1.29 is 19.0 Å². The predicted molar refractivity (Wildman–Crippen MR) is 114 cm³/mol. The zero-order chi connectivity index (χ0) is 21.7. The summed E-state index contributed by atoms with van der Waals surface area (Å²) in [7, 11) is 0. The SMILES string of the molecule is C=CCn1c(=NC(=O)CSCC(=O)Nc2cc(C)on2)sc2cc([N+](=O)[O-])ccc21. The number of carbonyl (C=O) groups is 2. The molecule has 0 saturated heterocycles. The molecule has 1 N–H and O–H groups in total. The number of nitrogens with one attached hydrogen (secondary N) is 1. The lowest BCUT2D eigenvalue weighted by Gasteiger charge is -2.01. The van der Waals surface area contributed by atoms with E-state index in [1.54, 1.807) is 29.7 Å². The van der Waals surface area contributed by atoms with E-state index < -0.39 is 10.8 Å². The van der Waals surface area contributed by atoms with E-state index in [4.69, 9.17) is 4.52 Å². The van der Waals surface area contributed by atoms with Crippen LogP contribution in [0.25, 0.3) is 10.2 Å². The van der Waals surface area contributed by atoms with Gasteiger partial charge in [0.05, 0.1) is 26.6 Å². The second-order valence-electron chi connectivity index (χ2n) is 6.06. The van der Waals surface area contributed by atoms with Crippen molar-refractivity contribution in [1.82, 2.24) is 9.72 Å². The van der Waals surface area contributed by atoms with Crippen LogP contribution in [-0.4, -0.2) is 38.0 Å². The molecule has 3 aromatic rings. The van der Waals surface area contributed by atoms with Crippen molar-refractivity contribution in [2.75, 3.05) is 16.8 Å². The molecule has 0 aliphatic heterocycles. The van der Waals surface area contributed by atoms with Gasteiger partial charge in [-0.25, -0.2) is 0 Å². The van der Waals surface area contributed by atoms with Gasteiger partial charge in [0.1, 0.15) is 5.76 Å². The molecule has 2 heterocycles. The first kappa shape index (κ1) is 21.5. The molecular weight excluding hydrogens is 430 g/mol. The van der Waals surface area contributed by atoms with E-state index in [0.29, 0.717) is 27.6 Å². The van der Waals surface area contributed by atoms with E-state index in [1.807, 2.05) is 0 Å². The molecule has 3 rings (SSSR count). The third kappa shape index (κ3) is 5.21. The molecule has 0 aliphatic carbocycles. The van der Waals surface area contributed by atoms with E-state index in [-0.39, 0.29) is 23.1 Å². The first-order chi connectivity index (χ1) is 14.4. The topological polar surface area (TPSA) is 133 Å². The van der Waals surface area contributed by atoms with Gasteiger partial charge in [0, 0.05) is 24.7 Å². The van der Waals surface area contributed by atoms with Gasteiger partial charge in [0.2, 0.25) is 5.91 Å². The van der Waals surface area contributed by atoms with Crippen molar-refractivity contribution in [3.05, 3.63) is 57.6 Å². The number of non-ortho nitro benzene ring substituents is 1. The van der Waals surface area contributed by atoms with Crippen LogP contribution in [0.2, 0.25) is 0 Å². The van der Waals surface area contributed by atoms with Crippen LogP contribution in [0.15, 0.2) is 46.4 Å². The van der Waals surface area contributed by atoms with E-state index in [0.717, 1.165) is 17.3 Å². The second kappa shape index (κ2) is 9.50. The van der Waals surface area contributed by atoms with Gasteiger partial charge in [-0.05, 0) is 13.0 Å². The summed E-state index contributed by atoms with van der Waals surface area (Å²) in [5, 5.41) is 17.2. The normalized spacial score (nSPS) is 11.6. The fourth-order valence-corrected chi connectivity index (χ4v) is 4.23. The van der Waals surface area contributed by atoms with Crippen molar-refractivity contribution in [2.45, 2.75) is 13.5 Å². The second-order valence-corrected chi connectivity index (χ2v) is 8.06. The third-order valence-electron chi connectivity index (χ3n) is 3.76. The highest BCUT2D eigenvalue weighted by atomic mass is 32.2. The smallest absolute Gasteiger partial charge is 0.270 e. The van der Waals surface area contributed by atoms with Gasteiger partial charge >= 0.3 is 0 Å². The Hall–Kier alpha value is -3.25. The van der Waals surface area contributed by atoms with Crippen LogP contribution in [-0.2, 0) is 16.1 Å². The van der Waals surface area contributed by atoms with Crippen LogP contribution in [0.4, 0.5) is 11.5 Å². The number of nitro groups is 1. The summed E-state index contributed by atoms with van der Waals surface area (Å²) >= 11 is 2.30. The Balaban J connectivity index is 1.69. The molecule has 0 atom stereocenters. The van der Waals surface area contributed by atoms with E-state index in [1.165, 1.54) is 23.5 Å². The fraction of sp³-hybridized carbons (Fsp3) is 0.222. The molecule has 12 heteroatoms. The first-order valence-electron chi connectivity index (χ1n) is 8.64. The average Bonchev–Trinajstić information content (AvgIpc) is 3.24. The van der Waals surface area contributed by atoms with E-state index in [9.17, 15) is 19.7 Å². The number of anilines is 1. The molecule has 0 unspecified atom stereocenters. The number of amides is 2. The highest BCUT2D eigenvalue weighted by molar-refractivity contribution is 8.00. The molecule has 0 fully saturated rings. The number of thiazole rings is 1. The van der Waals surface area contributed by atoms with Crippen LogP contribution in [0.3, 0.4) is 0 Å². The highest BCUT2D eigenvalue weighted by Crippen LogP contribution is 2.23. The highest BCUT2D eigenvalue weighted by Gasteiger charge is 2.13. The van der Waals surface area contributed by atoms with Crippen molar-refractivity contribution in [1.29, 1.82) is 0 Å². The quantitative estimate of drug-likeness (QED) is 0.319. The maximum Gasteiger partial charge on any atom is 0.270 e. The fourth-order valence-electron chi connectivity index (χ4n) is 2.54. The number of nitro benzene ring substituents is 1. The number of benzene rings is 1. The van der Waals surface area contributed by atoms with E-state index >= 15 is 0 Å². The maximum absolute atomic E-state index is 12.3. The van der Waals surface area contributed by atoms with Crippen molar-refractivity contribution in [3.63, 3.8) is 0 Å². The van der Waals surface area contributed by atoms with E-state index in [2.05, 4.69) is 22.0 Å². The minimum Gasteiger partial charge on any atom is -0.360 e. The van der Waals surface area contributed by atoms with Gasteiger partial charge in [-0.15, -0.1) is 18.3 Å². The largest absolute Gasteiger partial charge is 0.360 e. The van der Waals surface area contributed by atoms with Crippen LogP contribution in [0.1, 0.15) is 5.76 Å². The molecule has 1 aromatic carbocycles. The Morgan fingerprint density at radius 2 is 2.23 bits per heavy atom. The summed E-state index contributed by atoms with van der Waals surface area (Å²) in [5.41, 5.74) is 0.697. The van der Waals surface area contributed by atoms with Crippen molar-refractivity contribution in [2.24, 2.45) is 4.99 Å². The Morgan fingerprint density at radius 1 is 1.43 bits per heavy atom. The number of fused-ring (bicyclic) bond motifs is 1. The summed E-state index contributed by atoms with van der Waals surface area (Å²) in [6.07, 6.45) is 1.65. The lowest BCUT2D eigenvalue weighted by molar-refractivity contribution is -0.384. The lowest BCUT2D eigenvalue weighted by atomic mass is 10.3. The Kier molecular flexibility index (Phi) is 6.79. The average molecular weight is 447 g/mol. The number of thioether (sulfide) groups is 1. The molecule has 2 aromatic heterocycles.